The summed E-state index contributed by atoms with van der Waals surface area (Å²) in [6, 6.07) is 0.395. The van der Waals surface area contributed by atoms with Gasteiger partial charge in [-0.3, -0.25) is 4.79 Å². The van der Waals surface area contributed by atoms with Gasteiger partial charge in [-0.05, 0) is 31.7 Å². The molecule has 18 heavy (non-hydrogen) atoms. The van der Waals surface area contributed by atoms with E-state index in [0.717, 1.165) is 32.2 Å². The summed E-state index contributed by atoms with van der Waals surface area (Å²) in [5, 5.41) is 3.17. The number of nitrogens with zero attached hydrogens (tertiary/aromatic N) is 2. The zero-order valence-corrected chi connectivity index (χ0v) is 10.9. The van der Waals surface area contributed by atoms with Gasteiger partial charge in [0.05, 0.1) is 0 Å². The van der Waals surface area contributed by atoms with Crippen LogP contribution < -0.4 is 16.6 Å². The van der Waals surface area contributed by atoms with Gasteiger partial charge in [-0.2, -0.15) is 0 Å². The molecule has 1 aromatic rings. The molecule has 3 N–H and O–H groups in total. The highest BCUT2D eigenvalue weighted by Crippen LogP contribution is 2.33. The zero-order chi connectivity index (χ0) is 13.0. The highest BCUT2D eigenvalue weighted by atomic mass is 16.1. The zero-order valence-electron chi connectivity index (χ0n) is 10.9. The number of hydrogen-bond acceptors (Lipinski definition) is 4. The quantitative estimate of drug-likeness (QED) is 0.766. The molecule has 1 unspecified atom stereocenters. The van der Waals surface area contributed by atoms with Crippen LogP contribution in [0.5, 0.6) is 0 Å². The Bertz CT molecular complexity index is 439. The average molecular weight is 250 g/mol. The molecule has 0 amide bonds. The van der Waals surface area contributed by atoms with Crippen molar-refractivity contribution >= 4 is 5.82 Å². The summed E-state index contributed by atoms with van der Waals surface area (Å²) >= 11 is 0. The maximum atomic E-state index is 12.1. The van der Waals surface area contributed by atoms with Crippen LogP contribution in [0.25, 0.3) is 0 Å². The lowest BCUT2D eigenvalue weighted by Crippen LogP contribution is -2.26. The van der Waals surface area contributed by atoms with Crippen molar-refractivity contribution in [3.05, 3.63) is 22.7 Å². The van der Waals surface area contributed by atoms with Gasteiger partial charge in [-0.25, -0.2) is 4.98 Å². The highest BCUT2D eigenvalue weighted by molar-refractivity contribution is 5.31. The fraction of sp³-hybridized carbons (Fsp3) is 0.692. The predicted octanol–water partition coefficient (Wildman–Crippen LogP) is 1.37. The molecule has 5 heteroatoms. The largest absolute Gasteiger partial charge is 0.365 e. The van der Waals surface area contributed by atoms with Gasteiger partial charge in [0.25, 0.3) is 5.56 Å². The molecule has 1 saturated carbocycles. The van der Waals surface area contributed by atoms with Crippen molar-refractivity contribution < 1.29 is 0 Å². The van der Waals surface area contributed by atoms with Crippen LogP contribution in [0.1, 0.15) is 38.6 Å². The Kier molecular flexibility index (Phi) is 4.36. The van der Waals surface area contributed by atoms with E-state index in [0.29, 0.717) is 24.3 Å². The summed E-state index contributed by atoms with van der Waals surface area (Å²) in [5.41, 5.74) is 5.57. The topological polar surface area (TPSA) is 72.9 Å². The van der Waals surface area contributed by atoms with Gasteiger partial charge >= 0.3 is 0 Å². The summed E-state index contributed by atoms with van der Waals surface area (Å²) in [5.74, 6) is 0.977. The molecule has 1 aromatic heterocycles. The van der Waals surface area contributed by atoms with E-state index >= 15 is 0 Å². The Morgan fingerprint density at radius 2 is 2.39 bits per heavy atom. The Balaban J connectivity index is 2.00. The van der Waals surface area contributed by atoms with Gasteiger partial charge in [-0.1, -0.05) is 13.3 Å². The van der Waals surface area contributed by atoms with Crippen LogP contribution in [-0.4, -0.2) is 22.6 Å². The molecule has 5 nitrogen and oxygen atoms in total. The minimum Gasteiger partial charge on any atom is -0.365 e. The summed E-state index contributed by atoms with van der Waals surface area (Å²) in [6.07, 6.45) is 7.73. The minimum atomic E-state index is 0.00241. The third-order valence-corrected chi connectivity index (χ3v) is 3.52. The Morgan fingerprint density at radius 1 is 1.61 bits per heavy atom. The van der Waals surface area contributed by atoms with Crippen LogP contribution in [0.2, 0.25) is 0 Å². The fourth-order valence-corrected chi connectivity index (χ4v) is 2.11. The molecule has 2 rings (SSSR count). The van der Waals surface area contributed by atoms with E-state index in [1.54, 1.807) is 17.0 Å². The lowest BCUT2D eigenvalue weighted by molar-refractivity contribution is 0.500. The van der Waals surface area contributed by atoms with Crippen molar-refractivity contribution in [1.82, 2.24) is 9.55 Å². The first-order valence-electron chi connectivity index (χ1n) is 6.77. The Hall–Kier alpha value is -1.36. The van der Waals surface area contributed by atoms with E-state index in [4.69, 9.17) is 5.73 Å². The van der Waals surface area contributed by atoms with E-state index < -0.39 is 0 Å². The molecule has 0 aromatic carbocycles. The molecular formula is C13H22N4O. The average Bonchev–Trinajstić information content (AvgIpc) is 3.20. The van der Waals surface area contributed by atoms with Crippen LogP contribution in [0.15, 0.2) is 17.2 Å². The molecule has 0 bridgehead atoms. The van der Waals surface area contributed by atoms with Gasteiger partial charge in [0, 0.05) is 25.0 Å². The second-order valence-corrected chi connectivity index (χ2v) is 4.95. The molecule has 1 atom stereocenters. The Labute approximate surface area is 107 Å². The highest BCUT2D eigenvalue weighted by Gasteiger charge is 2.25. The van der Waals surface area contributed by atoms with Gasteiger partial charge in [0.1, 0.15) is 0 Å². The summed E-state index contributed by atoms with van der Waals surface area (Å²) in [6.45, 7) is 3.60. The standard InChI is InChI=1S/C13H22N4O/c1-2-10(5-6-14)9-16-12-13(18)17(8-7-15-12)11-3-4-11/h7-8,10-11H,2-6,9,14H2,1H3,(H,15,16). The first-order valence-corrected chi connectivity index (χ1v) is 6.77. The number of hydrogen-bond donors (Lipinski definition) is 2. The summed E-state index contributed by atoms with van der Waals surface area (Å²) in [4.78, 5) is 16.3. The third-order valence-electron chi connectivity index (χ3n) is 3.52. The molecule has 1 aliphatic rings. The molecule has 0 radical (unpaired) electrons. The molecule has 100 valence electrons. The van der Waals surface area contributed by atoms with Crippen LogP contribution in [0.4, 0.5) is 5.82 Å². The van der Waals surface area contributed by atoms with Crippen molar-refractivity contribution in [2.24, 2.45) is 11.7 Å². The van der Waals surface area contributed by atoms with E-state index in [1.807, 2.05) is 0 Å². The second-order valence-electron chi connectivity index (χ2n) is 4.95. The van der Waals surface area contributed by atoms with E-state index in [9.17, 15) is 4.79 Å². The van der Waals surface area contributed by atoms with Crippen LogP contribution >= 0.6 is 0 Å². The van der Waals surface area contributed by atoms with Crippen molar-refractivity contribution in [1.29, 1.82) is 0 Å². The number of anilines is 1. The van der Waals surface area contributed by atoms with Crippen molar-refractivity contribution in [3.63, 3.8) is 0 Å². The van der Waals surface area contributed by atoms with Crippen molar-refractivity contribution in [3.8, 4) is 0 Å². The lowest BCUT2D eigenvalue weighted by atomic mass is 10.0. The second kappa shape index (κ2) is 6.00. The molecule has 1 aliphatic carbocycles. The predicted molar refractivity (Wildman–Crippen MR) is 72.7 cm³/mol. The molecule has 0 spiro atoms. The first kappa shape index (κ1) is 13.1. The fourth-order valence-electron chi connectivity index (χ4n) is 2.11. The molecule has 1 fully saturated rings. The van der Waals surface area contributed by atoms with Gasteiger partial charge in [0.2, 0.25) is 0 Å². The van der Waals surface area contributed by atoms with E-state index in [1.165, 1.54) is 0 Å². The van der Waals surface area contributed by atoms with E-state index in [-0.39, 0.29) is 5.56 Å². The number of nitrogens with two attached hydrogens (primary N) is 1. The minimum absolute atomic E-state index is 0.00241. The van der Waals surface area contributed by atoms with Crippen LogP contribution in [-0.2, 0) is 0 Å². The monoisotopic (exact) mass is 250 g/mol. The van der Waals surface area contributed by atoms with Crippen molar-refractivity contribution in [2.75, 3.05) is 18.4 Å². The molecule has 1 heterocycles. The smallest absolute Gasteiger partial charge is 0.293 e. The molecular weight excluding hydrogens is 228 g/mol. The summed E-state index contributed by atoms with van der Waals surface area (Å²) < 4.78 is 1.79. The van der Waals surface area contributed by atoms with Gasteiger partial charge in [-0.15, -0.1) is 0 Å². The van der Waals surface area contributed by atoms with Gasteiger partial charge in [0.15, 0.2) is 5.82 Å². The number of rotatable bonds is 7. The van der Waals surface area contributed by atoms with Gasteiger partial charge < -0.3 is 15.6 Å². The third kappa shape index (κ3) is 3.10. The van der Waals surface area contributed by atoms with E-state index in [2.05, 4.69) is 17.2 Å². The normalized spacial score (nSPS) is 16.6. The van der Waals surface area contributed by atoms with Crippen LogP contribution in [0.3, 0.4) is 0 Å². The first-order chi connectivity index (χ1) is 8.76. The number of aromatic nitrogens is 2. The SMILES string of the molecule is CCC(CCN)CNc1nccn(C2CC2)c1=O. The molecule has 0 saturated heterocycles. The maximum absolute atomic E-state index is 12.1. The lowest BCUT2D eigenvalue weighted by Gasteiger charge is -2.15. The maximum Gasteiger partial charge on any atom is 0.293 e. The van der Waals surface area contributed by atoms with Crippen LogP contribution in [0, 0.1) is 5.92 Å². The Morgan fingerprint density at radius 3 is 3.00 bits per heavy atom. The summed E-state index contributed by atoms with van der Waals surface area (Å²) in [7, 11) is 0. The van der Waals surface area contributed by atoms with Crippen molar-refractivity contribution in [2.45, 2.75) is 38.6 Å². The molecule has 0 aliphatic heterocycles. The number of nitrogens with one attached hydrogen (secondary N) is 1.